The van der Waals surface area contributed by atoms with Crippen molar-refractivity contribution in [2.45, 2.75) is 110 Å². The standard InChI is InChI=1S/C16H32O2.C5H14N2/c1-2-3-4-5-6-7-8-9-10-11-12-13-14-15-16(17)18;1-4-5-6-7(2)3/h2-15H2,1H3,(H,17,18);6H,4-5H2,1-3H3. The molecular formula is C21H46N2O2. The smallest absolute Gasteiger partial charge is 0.303 e. The van der Waals surface area contributed by atoms with E-state index in [1.54, 1.807) is 0 Å². The van der Waals surface area contributed by atoms with E-state index < -0.39 is 5.97 Å². The van der Waals surface area contributed by atoms with E-state index in [0.717, 1.165) is 19.4 Å². The summed E-state index contributed by atoms with van der Waals surface area (Å²) in [6.45, 7) is 5.49. The van der Waals surface area contributed by atoms with Crippen LogP contribution in [0.1, 0.15) is 110 Å². The first kappa shape index (κ1) is 26.6. The largest absolute Gasteiger partial charge is 0.481 e. The molecule has 0 bridgehead atoms. The number of carbonyl (C=O) groups is 1. The molecule has 0 saturated heterocycles. The van der Waals surface area contributed by atoms with Gasteiger partial charge < -0.3 is 5.11 Å². The normalized spacial score (nSPS) is 10.6. The molecule has 0 saturated carbocycles. The maximum absolute atomic E-state index is 10.3. The van der Waals surface area contributed by atoms with Crippen molar-refractivity contribution < 1.29 is 9.90 Å². The SMILES string of the molecule is CCCCCCCCCCCCCCCC(=O)O.CCCNN(C)C. The van der Waals surface area contributed by atoms with Gasteiger partial charge in [-0.05, 0) is 12.8 Å². The van der Waals surface area contributed by atoms with Crippen molar-refractivity contribution in [2.75, 3.05) is 20.6 Å². The Morgan fingerprint density at radius 3 is 1.40 bits per heavy atom. The minimum absolute atomic E-state index is 0.345. The second kappa shape index (κ2) is 23.4. The first-order chi connectivity index (χ1) is 12.0. The summed E-state index contributed by atoms with van der Waals surface area (Å²) in [4.78, 5) is 10.3. The van der Waals surface area contributed by atoms with Crippen LogP contribution in [0.4, 0.5) is 0 Å². The number of unbranched alkanes of at least 4 members (excludes halogenated alkanes) is 12. The highest BCUT2D eigenvalue weighted by Gasteiger charge is 1.96. The van der Waals surface area contributed by atoms with Gasteiger partial charge in [0.1, 0.15) is 0 Å². The Hall–Kier alpha value is -0.610. The fourth-order valence-corrected chi connectivity index (χ4v) is 2.63. The van der Waals surface area contributed by atoms with Crippen LogP contribution < -0.4 is 5.43 Å². The van der Waals surface area contributed by atoms with Gasteiger partial charge in [0.25, 0.3) is 0 Å². The minimum atomic E-state index is -0.655. The first-order valence-corrected chi connectivity index (χ1v) is 10.7. The minimum Gasteiger partial charge on any atom is -0.481 e. The lowest BCUT2D eigenvalue weighted by molar-refractivity contribution is -0.137. The molecule has 0 aromatic heterocycles. The lowest BCUT2D eigenvalue weighted by Gasteiger charge is -2.08. The predicted molar refractivity (Wildman–Crippen MR) is 110 cm³/mol. The van der Waals surface area contributed by atoms with E-state index >= 15 is 0 Å². The van der Waals surface area contributed by atoms with E-state index in [4.69, 9.17) is 5.11 Å². The van der Waals surface area contributed by atoms with Gasteiger partial charge in [0.2, 0.25) is 0 Å². The first-order valence-electron chi connectivity index (χ1n) is 10.7. The summed E-state index contributed by atoms with van der Waals surface area (Å²) in [6, 6.07) is 0. The molecule has 0 aliphatic heterocycles. The molecule has 152 valence electrons. The van der Waals surface area contributed by atoms with Crippen molar-refractivity contribution in [3.63, 3.8) is 0 Å². The molecule has 4 heteroatoms. The van der Waals surface area contributed by atoms with Crippen LogP contribution in [-0.4, -0.2) is 36.7 Å². The number of aliphatic carboxylic acids is 1. The molecule has 0 spiro atoms. The van der Waals surface area contributed by atoms with Crippen LogP contribution in [0.2, 0.25) is 0 Å². The van der Waals surface area contributed by atoms with Crippen LogP contribution in [0.3, 0.4) is 0 Å². The van der Waals surface area contributed by atoms with E-state index in [2.05, 4.69) is 19.3 Å². The number of hydrogen-bond donors (Lipinski definition) is 2. The van der Waals surface area contributed by atoms with E-state index in [1.165, 1.54) is 77.0 Å². The van der Waals surface area contributed by atoms with E-state index in [1.807, 2.05) is 19.1 Å². The molecule has 0 rings (SSSR count). The van der Waals surface area contributed by atoms with Crippen LogP contribution in [0.25, 0.3) is 0 Å². The number of hydrazine groups is 1. The van der Waals surface area contributed by atoms with Gasteiger partial charge in [-0.15, -0.1) is 0 Å². The predicted octanol–water partition coefficient (Wildman–Crippen LogP) is 6.01. The van der Waals surface area contributed by atoms with Crippen molar-refractivity contribution in [3.8, 4) is 0 Å². The van der Waals surface area contributed by atoms with E-state index in [-0.39, 0.29) is 0 Å². The zero-order chi connectivity index (χ0) is 19.2. The molecule has 0 aliphatic carbocycles. The van der Waals surface area contributed by atoms with Gasteiger partial charge in [-0.1, -0.05) is 90.9 Å². The number of hydrogen-bond acceptors (Lipinski definition) is 3. The Labute approximate surface area is 157 Å². The summed E-state index contributed by atoms with van der Waals surface area (Å²) in [5.74, 6) is -0.655. The molecular weight excluding hydrogens is 312 g/mol. The lowest BCUT2D eigenvalue weighted by atomic mass is 10.0. The zero-order valence-corrected chi connectivity index (χ0v) is 17.6. The summed E-state index contributed by atoms with van der Waals surface area (Å²) >= 11 is 0. The van der Waals surface area contributed by atoms with Crippen LogP contribution in [0.5, 0.6) is 0 Å². The highest BCUT2D eigenvalue weighted by molar-refractivity contribution is 5.66. The monoisotopic (exact) mass is 358 g/mol. The number of carboxylic acids is 1. The summed E-state index contributed by atoms with van der Waals surface area (Å²) in [7, 11) is 3.99. The molecule has 0 aromatic carbocycles. The quantitative estimate of drug-likeness (QED) is 0.247. The average molecular weight is 359 g/mol. The summed E-state index contributed by atoms with van der Waals surface area (Å²) in [5.41, 5.74) is 3.13. The molecule has 2 N–H and O–H groups in total. The van der Waals surface area contributed by atoms with Gasteiger partial charge in [0.15, 0.2) is 0 Å². The molecule has 0 heterocycles. The van der Waals surface area contributed by atoms with Gasteiger partial charge in [0.05, 0.1) is 0 Å². The van der Waals surface area contributed by atoms with Crippen molar-refractivity contribution in [3.05, 3.63) is 0 Å². The van der Waals surface area contributed by atoms with Crippen molar-refractivity contribution in [2.24, 2.45) is 0 Å². The van der Waals surface area contributed by atoms with Gasteiger partial charge in [-0.25, -0.2) is 0 Å². The maximum atomic E-state index is 10.3. The summed E-state index contributed by atoms with van der Waals surface area (Å²) in [6.07, 6.45) is 18.5. The second-order valence-electron chi connectivity index (χ2n) is 7.19. The van der Waals surface area contributed by atoms with Gasteiger partial charge in [0, 0.05) is 27.1 Å². The molecule has 0 radical (unpaired) electrons. The topological polar surface area (TPSA) is 52.6 Å². The third kappa shape index (κ3) is 31.6. The number of rotatable bonds is 17. The molecule has 0 fully saturated rings. The Bertz CT molecular complexity index is 258. The fourth-order valence-electron chi connectivity index (χ4n) is 2.63. The molecule has 0 unspecified atom stereocenters. The summed E-state index contributed by atoms with van der Waals surface area (Å²) in [5, 5.41) is 10.5. The summed E-state index contributed by atoms with van der Waals surface area (Å²) < 4.78 is 0. The fraction of sp³-hybridized carbons (Fsp3) is 0.952. The molecule has 25 heavy (non-hydrogen) atoms. The highest BCUT2D eigenvalue weighted by Crippen LogP contribution is 2.12. The van der Waals surface area contributed by atoms with Crippen molar-refractivity contribution >= 4 is 5.97 Å². The Balaban J connectivity index is 0. The number of nitrogens with one attached hydrogen (secondary N) is 1. The van der Waals surface area contributed by atoms with Crippen LogP contribution in [-0.2, 0) is 4.79 Å². The highest BCUT2D eigenvalue weighted by atomic mass is 16.4. The van der Waals surface area contributed by atoms with Crippen LogP contribution >= 0.6 is 0 Å². The third-order valence-corrected chi connectivity index (χ3v) is 4.17. The zero-order valence-electron chi connectivity index (χ0n) is 17.6. The van der Waals surface area contributed by atoms with Gasteiger partial charge in [-0.2, -0.15) is 0 Å². The molecule has 0 aromatic rings. The van der Waals surface area contributed by atoms with E-state index in [0.29, 0.717) is 6.42 Å². The third-order valence-electron chi connectivity index (χ3n) is 4.17. The number of nitrogens with zero attached hydrogens (tertiary/aromatic N) is 1. The Kier molecular flexibility index (Phi) is 24.9. The Morgan fingerprint density at radius 1 is 0.720 bits per heavy atom. The molecule has 4 nitrogen and oxygen atoms in total. The van der Waals surface area contributed by atoms with Gasteiger partial charge >= 0.3 is 5.97 Å². The average Bonchev–Trinajstić information content (AvgIpc) is 2.57. The number of carboxylic acid groups (broad SMARTS) is 1. The van der Waals surface area contributed by atoms with Crippen molar-refractivity contribution in [1.82, 2.24) is 10.4 Å². The van der Waals surface area contributed by atoms with Crippen LogP contribution in [0, 0.1) is 0 Å². The lowest BCUT2D eigenvalue weighted by Crippen LogP contribution is -2.30. The maximum Gasteiger partial charge on any atom is 0.303 e. The van der Waals surface area contributed by atoms with Crippen LogP contribution in [0.15, 0.2) is 0 Å². The van der Waals surface area contributed by atoms with E-state index in [9.17, 15) is 4.79 Å². The molecule has 0 aliphatic rings. The second-order valence-corrected chi connectivity index (χ2v) is 7.19. The Morgan fingerprint density at radius 2 is 1.12 bits per heavy atom. The van der Waals surface area contributed by atoms with Gasteiger partial charge in [-0.3, -0.25) is 15.2 Å². The van der Waals surface area contributed by atoms with Crippen molar-refractivity contribution in [1.29, 1.82) is 0 Å². The molecule has 0 atom stereocenters. The molecule has 0 amide bonds.